The molecule has 0 amide bonds. The lowest BCUT2D eigenvalue weighted by Gasteiger charge is -2.10. The van der Waals surface area contributed by atoms with Gasteiger partial charge in [0.25, 0.3) is 5.56 Å². The van der Waals surface area contributed by atoms with E-state index in [-0.39, 0.29) is 10.7 Å². The van der Waals surface area contributed by atoms with Crippen molar-refractivity contribution in [2.45, 2.75) is 20.3 Å². The molecule has 1 aromatic carbocycles. The van der Waals surface area contributed by atoms with E-state index in [2.05, 4.69) is 20.9 Å². The van der Waals surface area contributed by atoms with Gasteiger partial charge in [0.15, 0.2) is 0 Å². The minimum Gasteiger partial charge on any atom is -0.297 e. The van der Waals surface area contributed by atoms with E-state index in [9.17, 15) is 9.59 Å². The third-order valence-corrected chi connectivity index (χ3v) is 3.80. The summed E-state index contributed by atoms with van der Waals surface area (Å²) in [4.78, 5) is 26.8. The summed E-state index contributed by atoms with van der Waals surface area (Å²) in [5.74, 6) is 0. The lowest BCUT2D eigenvalue weighted by Crippen LogP contribution is -2.36. The Bertz CT molecular complexity index is 749. The molecule has 0 aliphatic heterocycles. The van der Waals surface area contributed by atoms with E-state index in [1.807, 2.05) is 26.0 Å². The highest BCUT2D eigenvalue weighted by atomic mass is 79.9. The van der Waals surface area contributed by atoms with Gasteiger partial charge in [-0.3, -0.25) is 9.78 Å². The maximum absolute atomic E-state index is 12.3. The van der Waals surface area contributed by atoms with Crippen molar-refractivity contribution < 1.29 is 0 Å². The van der Waals surface area contributed by atoms with Gasteiger partial charge in [-0.25, -0.2) is 9.36 Å². The van der Waals surface area contributed by atoms with Gasteiger partial charge in [0.2, 0.25) is 0 Å². The zero-order valence-electron chi connectivity index (χ0n) is 10.5. The fourth-order valence-corrected chi connectivity index (χ4v) is 2.83. The van der Waals surface area contributed by atoms with Gasteiger partial charge in [0.05, 0.1) is 11.3 Å². The lowest BCUT2D eigenvalue weighted by molar-refractivity contribution is 0.838. The van der Waals surface area contributed by atoms with Crippen molar-refractivity contribution >= 4 is 27.5 Å². The van der Waals surface area contributed by atoms with Gasteiger partial charge >= 0.3 is 5.69 Å². The molecule has 0 saturated heterocycles. The molecular formula is C13H12BrClN2O2. The van der Waals surface area contributed by atoms with Crippen LogP contribution in [-0.2, 0) is 6.42 Å². The van der Waals surface area contributed by atoms with Crippen LogP contribution in [0.1, 0.15) is 18.1 Å². The Morgan fingerprint density at radius 1 is 1.37 bits per heavy atom. The third kappa shape index (κ3) is 2.53. The number of rotatable bonds is 2. The second-order valence-electron chi connectivity index (χ2n) is 4.17. The number of nitrogens with one attached hydrogen (secondary N) is 1. The van der Waals surface area contributed by atoms with Crippen LogP contribution in [0.25, 0.3) is 5.69 Å². The number of aryl methyl sites for hydroxylation is 1. The van der Waals surface area contributed by atoms with Crippen LogP contribution in [0.4, 0.5) is 0 Å². The minimum atomic E-state index is -0.545. The molecular weight excluding hydrogens is 332 g/mol. The number of hydrogen-bond acceptors (Lipinski definition) is 2. The first kappa shape index (κ1) is 14.1. The molecule has 1 N–H and O–H groups in total. The van der Waals surface area contributed by atoms with Crippen LogP contribution in [0.5, 0.6) is 0 Å². The van der Waals surface area contributed by atoms with Gasteiger partial charge < -0.3 is 0 Å². The largest absolute Gasteiger partial charge is 0.334 e. The topological polar surface area (TPSA) is 54.9 Å². The van der Waals surface area contributed by atoms with Crippen LogP contribution < -0.4 is 11.2 Å². The van der Waals surface area contributed by atoms with Gasteiger partial charge in [-0.1, -0.05) is 24.6 Å². The average Bonchev–Trinajstić information content (AvgIpc) is 2.31. The van der Waals surface area contributed by atoms with Crippen molar-refractivity contribution in [3.8, 4) is 5.69 Å². The average molecular weight is 344 g/mol. The van der Waals surface area contributed by atoms with Crippen LogP contribution in [0.2, 0.25) is 5.15 Å². The van der Waals surface area contributed by atoms with E-state index >= 15 is 0 Å². The van der Waals surface area contributed by atoms with E-state index in [0.717, 1.165) is 10.1 Å². The van der Waals surface area contributed by atoms with E-state index in [0.29, 0.717) is 22.1 Å². The van der Waals surface area contributed by atoms with Crippen molar-refractivity contribution in [1.29, 1.82) is 0 Å². The second-order valence-corrected chi connectivity index (χ2v) is 5.40. The molecule has 0 aliphatic carbocycles. The Morgan fingerprint density at radius 3 is 2.63 bits per heavy atom. The molecule has 1 heterocycles. The molecule has 1 aromatic heterocycles. The van der Waals surface area contributed by atoms with E-state index < -0.39 is 5.69 Å². The molecule has 0 aliphatic rings. The van der Waals surface area contributed by atoms with Crippen LogP contribution >= 0.6 is 27.5 Å². The maximum Gasteiger partial charge on any atom is 0.334 e. The van der Waals surface area contributed by atoms with Gasteiger partial charge in [-0.05, 0) is 47.0 Å². The fraction of sp³-hybridized carbons (Fsp3) is 0.231. The SMILES string of the molecule is CCc1c(Cl)[nH]c(=O)n(-c2ccc(C)cc2Br)c1=O. The Balaban J connectivity index is 2.83. The van der Waals surface area contributed by atoms with Gasteiger partial charge in [0, 0.05) is 4.47 Å². The Morgan fingerprint density at radius 2 is 2.05 bits per heavy atom. The quantitative estimate of drug-likeness (QED) is 0.853. The van der Waals surface area contributed by atoms with Gasteiger partial charge in [0.1, 0.15) is 5.15 Å². The number of aromatic amines is 1. The molecule has 4 nitrogen and oxygen atoms in total. The summed E-state index contributed by atoms with van der Waals surface area (Å²) < 4.78 is 1.78. The van der Waals surface area contributed by atoms with Crippen LogP contribution in [-0.4, -0.2) is 9.55 Å². The molecule has 0 saturated carbocycles. The monoisotopic (exact) mass is 342 g/mol. The van der Waals surface area contributed by atoms with Crippen molar-refractivity contribution in [1.82, 2.24) is 9.55 Å². The molecule has 0 radical (unpaired) electrons. The molecule has 0 spiro atoms. The van der Waals surface area contributed by atoms with Crippen molar-refractivity contribution in [3.63, 3.8) is 0 Å². The summed E-state index contributed by atoms with van der Waals surface area (Å²) in [5.41, 5.74) is 0.999. The van der Waals surface area contributed by atoms with Gasteiger partial charge in [-0.2, -0.15) is 0 Å². The number of H-pyrrole nitrogens is 1. The first-order valence-electron chi connectivity index (χ1n) is 5.76. The van der Waals surface area contributed by atoms with Crippen molar-refractivity contribution in [2.24, 2.45) is 0 Å². The van der Waals surface area contributed by atoms with Crippen molar-refractivity contribution in [2.75, 3.05) is 0 Å². The van der Waals surface area contributed by atoms with E-state index in [1.54, 1.807) is 6.07 Å². The van der Waals surface area contributed by atoms with Crippen LogP contribution in [0.3, 0.4) is 0 Å². The molecule has 2 aromatic rings. The summed E-state index contributed by atoms with van der Waals surface area (Å²) in [6, 6.07) is 5.41. The van der Waals surface area contributed by atoms with Crippen LogP contribution in [0, 0.1) is 6.92 Å². The highest BCUT2D eigenvalue weighted by molar-refractivity contribution is 9.10. The second kappa shape index (κ2) is 5.35. The van der Waals surface area contributed by atoms with Gasteiger partial charge in [-0.15, -0.1) is 0 Å². The Hall–Kier alpha value is -1.33. The summed E-state index contributed by atoms with van der Waals surface area (Å²) in [6.45, 7) is 3.75. The minimum absolute atomic E-state index is 0.108. The fourth-order valence-electron chi connectivity index (χ4n) is 1.86. The summed E-state index contributed by atoms with van der Waals surface area (Å²) in [7, 11) is 0. The molecule has 0 atom stereocenters. The lowest BCUT2D eigenvalue weighted by atomic mass is 10.2. The first-order chi connectivity index (χ1) is 8.95. The predicted octanol–water partition coefficient (Wildman–Crippen LogP) is 2.81. The van der Waals surface area contributed by atoms with Crippen molar-refractivity contribution in [3.05, 3.63) is 59.8 Å². The molecule has 0 bridgehead atoms. The first-order valence-corrected chi connectivity index (χ1v) is 6.93. The smallest absolute Gasteiger partial charge is 0.297 e. The number of nitrogens with zero attached hydrogens (tertiary/aromatic N) is 1. The summed E-state index contributed by atoms with van der Waals surface area (Å²) >= 11 is 9.25. The molecule has 19 heavy (non-hydrogen) atoms. The molecule has 0 unspecified atom stereocenters. The zero-order chi connectivity index (χ0) is 14.2. The third-order valence-electron chi connectivity index (χ3n) is 2.84. The highest BCUT2D eigenvalue weighted by Gasteiger charge is 2.14. The highest BCUT2D eigenvalue weighted by Crippen LogP contribution is 2.20. The molecule has 2 rings (SSSR count). The Kier molecular flexibility index (Phi) is 3.96. The summed E-state index contributed by atoms with van der Waals surface area (Å²) in [6.07, 6.45) is 0.456. The normalized spacial score (nSPS) is 10.7. The molecule has 100 valence electrons. The number of halogens is 2. The van der Waals surface area contributed by atoms with E-state index in [1.165, 1.54) is 0 Å². The summed E-state index contributed by atoms with van der Waals surface area (Å²) in [5, 5.41) is 0.108. The predicted molar refractivity (Wildman–Crippen MR) is 79.5 cm³/mol. The number of hydrogen-bond donors (Lipinski definition) is 1. The zero-order valence-corrected chi connectivity index (χ0v) is 12.8. The maximum atomic E-state index is 12.3. The van der Waals surface area contributed by atoms with E-state index in [4.69, 9.17) is 11.6 Å². The molecule has 6 heteroatoms. The van der Waals surface area contributed by atoms with Crippen LogP contribution in [0.15, 0.2) is 32.3 Å². The number of benzene rings is 1. The standard InChI is InChI=1S/C13H12BrClN2O2/c1-3-8-11(15)16-13(19)17(12(8)18)10-5-4-7(2)6-9(10)14/h4-6H,3H2,1-2H3,(H,16,19). The Labute approximate surface area is 123 Å². The molecule has 0 fully saturated rings. The number of aromatic nitrogens is 2.